The molecule has 0 bridgehead atoms. The van der Waals surface area contributed by atoms with Crippen LogP contribution in [-0.2, 0) is 12.0 Å². The summed E-state index contributed by atoms with van der Waals surface area (Å²) in [5.41, 5.74) is 3.93. The number of piperidine rings is 1. The van der Waals surface area contributed by atoms with E-state index in [4.69, 9.17) is 10.00 Å². The number of ether oxygens (including phenoxy) is 1. The first kappa shape index (κ1) is 23.8. The van der Waals surface area contributed by atoms with Gasteiger partial charge < -0.3 is 15.0 Å². The maximum atomic E-state index is 8.91. The van der Waals surface area contributed by atoms with Crippen LogP contribution in [0.2, 0.25) is 0 Å². The first-order valence-corrected chi connectivity index (χ1v) is 12.9. The summed E-state index contributed by atoms with van der Waals surface area (Å²) in [6.45, 7) is 10.0. The van der Waals surface area contributed by atoms with E-state index in [-0.39, 0.29) is 5.54 Å². The predicted molar refractivity (Wildman–Crippen MR) is 134 cm³/mol. The zero-order chi connectivity index (χ0) is 23.1. The fourth-order valence-electron chi connectivity index (χ4n) is 6.22. The number of nitrogens with zero attached hydrogens (tertiary/aromatic N) is 2. The Bertz CT molecular complexity index is 927. The number of nitriles is 1. The molecule has 1 saturated heterocycles. The van der Waals surface area contributed by atoms with Gasteiger partial charge in [0.1, 0.15) is 5.75 Å². The quantitative estimate of drug-likeness (QED) is 0.517. The molecule has 4 rings (SSSR count). The minimum atomic E-state index is 0.121. The molecule has 1 fully saturated rings. The SMILES string of the molecule is CCCC(C)C1(C2CCN(CCCOc3ccc(C#N)cc3)CC2)NCCc2ccccc21. The molecule has 2 atom stereocenters. The zero-order valence-corrected chi connectivity index (χ0v) is 20.4. The number of likely N-dealkylation sites (tertiary alicyclic amines) is 1. The second-order valence-corrected chi connectivity index (χ2v) is 9.85. The second kappa shape index (κ2) is 11.2. The summed E-state index contributed by atoms with van der Waals surface area (Å²) in [6, 6.07) is 18.7. The summed E-state index contributed by atoms with van der Waals surface area (Å²) in [4.78, 5) is 2.62. The van der Waals surface area contributed by atoms with Gasteiger partial charge in [-0.2, -0.15) is 5.26 Å². The summed E-state index contributed by atoms with van der Waals surface area (Å²) in [5, 5.41) is 13.0. The molecular weight excluding hydrogens is 406 g/mol. The third-order valence-corrected chi connectivity index (χ3v) is 7.88. The molecule has 2 aliphatic rings. The fraction of sp³-hybridized carbons (Fsp3) is 0.552. The molecule has 176 valence electrons. The molecule has 0 saturated carbocycles. The van der Waals surface area contributed by atoms with Gasteiger partial charge in [-0.3, -0.25) is 0 Å². The highest BCUT2D eigenvalue weighted by Crippen LogP contribution is 2.46. The smallest absolute Gasteiger partial charge is 0.119 e. The normalized spacial score (nSPS) is 22.3. The third kappa shape index (κ3) is 5.26. The van der Waals surface area contributed by atoms with E-state index in [0.717, 1.165) is 38.3 Å². The van der Waals surface area contributed by atoms with Crippen molar-refractivity contribution in [1.82, 2.24) is 10.2 Å². The number of fused-ring (bicyclic) bond motifs is 1. The maximum Gasteiger partial charge on any atom is 0.119 e. The Balaban J connectivity index is 1.33. The van der Waals surface area contributed by atoms with Gasteiger partial charge >= 0.3 is 0 Å². The largest absolute Gasteiger partial charge is 0.494 e. The average molecular weight is 446 g/mol. The summed E-state index contributed by atoms with van der Waals surface area (Å²) < 4.78 is 5.88. The van der Waals surface area contributed by atoms with Crippen molar-refractivity contribution in [1.29, 1.82) is 5.26 Å². The summed E-state index contributed by atoms with van der Waals surface area (Å²) in [5.74, 6) is 2.18. The Morgan fingerprint density at radius 3 is 2.64 bits per heavy atom. The van der Waals surface area contributed by atoms with Crippen molar-refractivity contribution in [3.8, 4) is 11.8 Å². The van der Waals surface area contributed by atoms with Crippen molar-refractivity contribution < 1.29 is 4.74 Å². The average Bonchev–Trinajstić information content (AvgIpc) is 2.87. The van der Waals surface area contributed by atoms with Crippen LogP contribution >= 0.6 is 0 Å². The van der Waals surface area contributed by atoms with Crippen molar-refractivity contribution in [2.24, 2.45) is 11.8 Å². The summed E-state index contributed by atoms with van der Waals surface area (Å²) in [6.07, 6.45) is 7.20. The zero-order valence-electron chi connectivity index (χ0n) is 20.4. The number of nitrogens with one attached hydrogen (secondary N) is 1. The molecule has 33 heavy (non-hydrogen) atoms. The second-order valence-electron chi connectivity index (χ2n) is 9.85. The lowest BCUT2D eigenvalue weighted by molar-refractivity contribution is 0.0550. The van der Waals surface area contributed by atoms with Gasteiger partial charge in [0.25, 0.3) is 0 Å². The Morgan fingerprint density at radius 1 is 1.15 bits per heavy atom. The van der Waals surface area contributed by atoms with Crippen LogP contribution in [0.5, 0.6) is 5.75 Å². The van der Waals surface area contributed by atoms with Crippen LogP contribution in [0.25, 0.3) is 0 Å². The highest BCUT2D eigenvalue weighted by Gasteiger charge is 2.47. The molecule has 0 spiro atoms. The van der Waals surface area contributed by atoms with E-state index in [9.17, 15) is 0 Å². The van der Waals surface area contributed by atoms with E-state index in [0.29, 0.717) is 17.4 Å². The number of benzene rings is 2. The Morgan fingerprint density at radius 2 is 1.91 bits per heavy atom. The Hall–Kier alpha value is -2.35. The van der Waals surface area contributed by atoms with Gasteiger partial charge in [-0.05, 0) is 92.4 Å². The van der Waals surface area contributed by atoms with Gasteiger partial charge in [0.2, 0.25) is 0 Å². The first-order chi connectivity index (χ1) is 16.2. The molecule has 2 aliphatic heterocycles. The molecule has 2 unspecified atom stereocenters. The molecule has 2 heterocycles. The van der Waals surface area contributed by atoms with Crippen LogP contribution in [0, 0.1) is 23.2 Å². The first-order valence-electron chi connectivity index (χ1n) is 12.9. The number of hydrogen-bond acceptors (Lipinski definition) is 4. The van der Waals surface area contributed by atoms with E-state index < -0.39 is 0 Å². The lowest BCUT2D eigenvalue weighted by Crippen LogP contribution is -2.58. The molecule has 0 aromatic heterocycles. The van der Waals surface area contributed by atoms with Crippen LogP contribution in [0.15, 0.2) is 48.5 Å². The lowest BCUT2D eigenvalue weighted by atomic mass is 9.63. The Labute approximate surface area is 199 Å². The third-order valence-electron chi connectivity index (χ3n) is 7.88. The molecule has 0 amide bonds. The van der Waals surface area contributed by atoms with E-state index in [1.165, 1.54) is 38.8 Å². The molecule has 1 N–H and O–H groups in total. The number of hydrogen-bond donors (Lipinski definition) is 1. The number of rotatable bonds is 9. The Kier molecular flexibility index (Phi) is 8.06. The highest BCUT2D eigenvalue weighted by molar-refractivity contribution is 5.38. The van der Waals surface area contributed by atoms with Crippen molar-refractivity contribution >= 4 is 0 Å². The van der Waals surface area contributed by atoms with E-state index in [2.05, 4.69) is 54.4 Å². The van der Waals surface area contributed by atoms with Crippen LogP contribution in [0.3, 0.4) is 0 Å². The van der Waals surface area contributed by atoms with Crippen molar-refractivity contribution in [3.63, 3.8) is 0 Å². The summed E-state index contributed by atoms with van der Waals surface area (Å²) in [7, 11) is 0. The van der Waals surface area contributed by atoms with Gasteiger partial charge in [-0.25, -0.2) is 0 Å². The van der Waals surface area contributed by atoms with Crippen molar-refractivity contribution in [2.75, 3.05) is 32.8 Å². The van der Waals surface area contributed by atoms with Gasteiger partial charge in [0.05, 0.1) is 18.2 Å². The van der Waals surface area contributed by atoms with Gasteiger partial charge in [0, 0.05) is 18.6 Å². The van der Waals surface area contributed by atoms with E-state index in [1.54, 1.807) is 11.1 Å². The molecule has 4 heteroatoms. The van der Waals surface area contributed by atoms with Crippen molar-refractivity contribution in [2.45, 2.75) is 57.9 Å². The molecule has 0 radical (unpaired) electrons. The molecule has 4 nitrogen and oxygen atoms in total. The van der Waals surface area contributed by atoms with Gasteiger partial charge in [-0.1, -0.05) is 44.5 Å². The van der Waals surface area contributed by atoms with Gasteiger partial charge in [0.15, 0.2) is 0 Å². The maximum absolute atomic E-state index is 8.91. The molecule has 2 aromatic carbocycles. The monoisotopic (exact) mass is 445 g/mol. The molecular formula is C29H39N3O. The van der Waals surface area contributed by atoms with Gasteiger partial charge in [-0.15, -0.1) is 0 Å². The van der Waals surface area contributed by atoms with Crippen LogP contribution in [0.1, 0.15) is 62.6 Å². The van der Waals surface area contributed by atoms with Crippen LogP contribution < -0.4 is 10.1 Å². The van der Waals surface area contributed by atoms with E-state index >= 15 is 0 Å². The molecule has 2 aromatic rings. The van der Waals surface area contributed by atoms with Crippen molar-refractivity contribution in [3.05, 3.63) is 65.2 Å². The minimum absolute atomic E-state index is 0.121. The summed E-state index contributed by atoms with van der Waals surface area (Å²) >= 11 is 0. The molecule has 0 aliphatic carbocycles. The topological polar surface area (TPSA) is 48.3 Å². The lowest BCUT2D eigenvalue weighted by Gasteiger charge is -2.52. The van der Waals surface area contributed by atoms with Crippen LogP contribution in [0.4, 0.5) is 0 Å². The highest BCUT2D eigenvalue weighted by atomic mass is 16.5. The predicted octanol–water partition coefficient (Wildman–Crippen LogP) is 5.52. The fourth-order valence-corrected chi connectivity index (χ4v) is 6.22. The standard InChI is InChI=1S/C29H39N3O/c1-3-7-23(2)29(28-9-5-4-8-25(28)14-17-31-29)26-15-19-32(20-16-26)18-6-21-33-27-12-10-24(22-30)11-13-27/h4-5,8-13,23,26,31H,3,6-7,14-21H2,1-2H3. The minimum Gasteiger partial charge on any atom is -0.494 e. The van der Waals surface area contributed by atoms with Crippen LogP contribution in [-0.4, -0.2) is 37.7 Å². The van der Waals surface area contributed by atoms with E-state index in [1.807, 2.05) is 24.3 Å².